The van der Waals surface area contributed by atoms with Gasteiger partial charge in [0.05, 0.1) is 16.1 Å². The van der Waals surface area contributed by atoms with Crippen LogP contribution in [-0.2, 0) is 9.84 Å². The van der Waals surface area contributed by atoms with Crippen molar-refractivity contribution in [2.24, 2.45) is 5.92 Å². The Morgan fingerprint density at radius 2 is 1.78 bits per heavy atom. The third-order valence-corrected chi connectivity index (χ3v) is 7.22. The van der Waals surface area contributed by atoms with Crippen molar-refractivity contribution in [1.29, 1.82) is 0 Å². The van der Waals surface area contributed by atoms with Gasteiger partial charge in [-0.1, -0.05) is 36.7 Å². The summed E-state index contributed by atoms with van der Waals surface area (Å²) >= 11 is 6.24. The second kappa shape index (κ2) is 7.13. The molecule has 4 rings (SSSR count). The number of nitrogens with zero attached hydrogens (tertiary/aromatic N) is 2. The fourth-order valence-corrected chi connectivity index (χ4v) is 5.24. The van der Waals surface area contributed by atoms with Crippen LogP contribution < -0.4 is 4.90 Å². The molecule has 1 fully saturated rings. The summed E-state index contributed by atoms with van der Waals surface area (Å²) < 4.78 is 26.8. The smallest absolute Gasteiger partial charge is 0.210 e. The Morgan fingerprint density at radius 1 is 1.07 bits per heavy atom. The predicted molar refractivity (Wildman–Crippen MR) is 109 cm³/mol. The van der Waals surface area contributed by atoms with Crippen molar-refractivity contribution in [2.45, 2.75) is 29.6 Å². The van der Waals surface area contributed by atoms with Gasteiger partial charge < -0.3 is 4.90 Å². The molecule has 1 saturated heterocycles. The van der Waals surface area contributed by atoms with Crippen LogP contribution in [0.1, 0.15) is 19.8 Å². The molecular formula is C21H21ClN2O2S. The molecule has 0 unspecified atom stereocenters. The molecule has 3 aromatic rings. The van der Waals surface area contributed by atoms with E-state index in [9.17, 15) is 8.42 Å². The van der Waals surface area contributed by atoms with Crippen LogP contribution in [-0.4, -0.2) is 26.5 Å². The van der Waals surface area contributed by atoms with Crippen molar-refractivity contribution in [3.8, 4) is 0 Å². The number of sulfone groups is 1. The first-order chi connectivity index (χ1) is 13.0. The summed E-state index contributed by atoms with van der Waals surface area (Å²) in [5, 5.41) is 1.36. The number of pyridine rings is 1. The Labute approximate surface area is 164 Å². The van der Waals surface area contributed by atoms with Gasteiger partial charge in [0.15, 0.2) is 0 Å². The first-order valence-electron chi connectivity index (χ1n) is 9.10. The van der Waals surface area contributed by atoms with E-state index in [1.165, 1.54) is 6.20 Å². The van der Waals surface area contributed by atoms with Crippen molar-refractivity contribution in [3.05, 3.63) is 59.8 Å². The maximum Gasteiger partial charge on any atom is 0.210 e. The monoisotopic (exact) mass is 400 g/mol. The van der Waals surface area contributed by atoms with Gasteiger partial charge in [-0.15, -0.1) is 0 Å². The second-order valence-electron chi connectivity index (χ2n) is 7.12. The lowest BCUT2D eigenvalue weighted by atomic mass is 9.98. The van der Waals surface area contributed by atoms with Gasteiger partial charge in [0.25, 0.3) is 0 Å². The van der Waals surface area contributed by atoms with Gasteiger partial charge in [-0.25, -0.2) is 8.42 Å². The van der Waals surface area contributed by atoms with Crippen LogP contribution in [0.2, 0.25) is 5.02 Å². The number of halogens is 1. The molecule has 1 aliphatic heterocycles. The Bertz CT molecular complexity index is 1080. The van der Waals surface area contributed by atoms with Crippen molar-refractivity contribution >= 4 is 38.0 Å². The molecule has 0 radical (unpaired) electrons. The molecule has 1 aliphatic rings. The quantitative estimate of drug-likeness (QED) is 0.623. The second-order valence-corrected chi connectivity index (χ2v) is 9.47. The Kier molecular flexibility index (Phi) is 4.82. The van der Waals surface area contributed by atoms with Crippen molar-refractivity contribution < 1.29 is 8.42 Å². The fourth-order valence-electron chi connectivity index (χ4n) is 3.61. The van der Waals surface area contributed by atoms with Gasteiger partial charge in [0.1, 0.15) is 4.90 Å². The molecule has 2 heterocycles. The van der Waals surface area contributed by atoms with Crippen molar-refractivity contribution in [2.75, 3.05) is 18.0 Å². The van der Waals surface area contributed by atoms with Crippen molar-refractivity contribution in [3.63, 3.8) is 0 Å². The van der Waals surface area contributed by atoms with Gasteiger partial charge in [0.2, 0.25) is 9.84 Å². The van der Waals surface area contributed by atoms with Crippen LogP contribution >= 0.6 is 11.6 Å². The van der Waals surface area contributed by atoms with Gasteiger partial charge in [-0.05, 0) is 49.1 Å². The van der Waals surface area contributed by atoms with Crippen LogP contribution in [0.3, 0.4) is 0 Å². The summed E-state index contributed by atoms with van der Waals surface area (Å²) in [7, 11) is -3.68. The highest BCUT2D eigenvalue weighted by Crippen LogP contribution is 2.38. The Hall–Kier alpha value is -2.11. The average molecular weight is 401 g/mol. The van der Waals surface area contributed by atoms with Crippen LogP contribution in [0.25, 0.3) is 10.9 Å². The van der Waals surface area contributed by atoms with E-state index in [1.54, 1.807) is 30.3 Å². The molecule has 1 aromatic heterocycles. The zero-order chi connectivity index (χ0) is 19.0. The summed E-state index contributed by atoms with van der Waals surface area (Å²) in [4.78, 5) is 7.12. The lowest BCUT2D eigenvalue weighted by molar-refractivity contribution is 0.437. The summed E-state index contributed by atoms with van der Waals surface area (Å²) in [6.45, 7) is 3.88. The highest BCUT2D eigenvalue weighted by molar-refractivity contribution is 7.91. The lowest BCUT2D eigenvalue weighted by Gasteiger charge is -2.34. The first-order valence-corrected chi connectivity index (χ1v) is 11.0. The number of fused-ring (bicyclic) bond motifs is 1. The molecule has 0 atom stereocenters. The third-order valence-electron chi connectivity index (χ3n) is 5.21. The summed E-state index contributed by atoms with van der Waals surface area (Å²) in [6, 6.07) is 14.0. The highest BCUT2D eigenvalue weighted by Gasteiger charge is 2.28. The van der Waals surface area contributed by atoms with Gasteiger partial charge in [-0.3, -0.25) is 4.98 Å². The number of hydrogen-bond donors (Lipinski definition) is 0. The molecule has 0 amide bonds. The lowest BCUT2D eigenvalue weighted by Crippen LogP contribution is -2.34. The average Bonchev–Trinajstić information content (AvgIpc) is 2.68. The van der Waals surface area contributed by atoms with E-state index in [0.717, 1.165) is 42.5 Å². The largest absolute Gasteiger partial charge is 0.370 e. The maximum absolute atomic E-state index is 13.4. The molecule has 0 aliphatic carbocycles. The standard InChI is InChI=1S/C21H21ClN2O2S/c1-15-9-11-24(12-10-15)21-18-13-16(22)7-8-19(18)23-14-20(21)27(25,26)17-5-3-2-4-6-17/h2-8,13-15H,9-12H2,1H3. The number of aromatic nitrogens is 1. The van der Waals surface area contributed by atoms with Crippen LogP contribution in [0, 0.1) is 5.92 Å². The number of rotatable bonds is 3. The minimum atomic E-state index is -3.68. The number of benzene rings is 2. The van der Waals surface area contributed by atoms with Crippen LogP contribution in [0.4, 0.5) is 5.69 Å². The zero-order valence-corrected chi connectivity index (χ0v) is 16.7. The molecule has 0 N–H and O–H groups in total. The van der Waals surface area contributed by atoms with Crippen molar-refractivity contribution in [1.82, 2.24) is 4.98 Å². The molecule has 2 aromatic carbocycles. The molecular weight excluding hydrogens is 380 g/mol. The van der Waals surface area contributed by atoms with E-state index >= 15 is 0 Å². The maximum atomic E-state index is 13.4. The van der Waals surface area contributed by atoms with E-state index in [1.807, 2.05) is 18.2 Å². The fraction of sp³-hybridized carbons (Fsp3) is 0.286. The van der Waals surface area contributed by atoms with Crippen LogP contribution in [0.5, 0.6) is 0 Å². The zero-order valence-electron chi connectivity index (χ0n) is 15.1. The van der Waals surface area contributed by atoms with Gasteiger partial charge in [0, 0.05) is 29.7 Å². The topological polar surface area (TPSA) is 50.3 Å². The van der Waals surface area contributed by atoms with Gasteiger partial charge >= 0.3 is 0 Å². The summed E-state index contributed by atoms with van der Waals surface area (Å²) in [5.41, 5.74) is 1.47. The minimum Gasteiger partial charge on any atom is -0.370 e. The summed E-state index contributed by atoms with van der Waals surface area (Å²) in [6.07, 6.45) is 3.57. The predicted octanol–water partition coefficient (Wildman–Crippen LogP) is 4.96. The normalized spacial score (nSPS) is 16.0. The number of hydrogen-bond acceptors (Lipinski definition) is 4. The van der Waals surface area contributed by atoms with E-state index in [0.29, 0.717) is 10.9 Å². The molecule has 4 nitrogen and oxygen atoms in total. The van der Waals surface area contributed by atoms with Gasteiger partial charge in [-0.2, -0.15) is 0 Å². The number of piperidine rings is 1. The Balaban J connectivity index is 1.96. The van der Waals surface area contributed by atoms with E-state index in [2.05, 4.69) is 16.8 Å². The molecule has 140 valence electrons. The minimum absolute atomic E-state index is 0.248. The third kappa shape index (κ3) is 3.42. The molecule has 27 heavy (non-hydrogen) atoms. The first kappa shape index (κ1) is 18.3. The molecule has 0 bridgehead atoms. The van der Waals surface area contributed by atoms with E-state index < -0.39 is 9.84 Å². The van der Waals surface area contributed by atoms with E-state index in [4.69, 9.17) is 11.6 Å². The molecule has 0 saturated carbocycles. The SMILES string of the molecule is CC1CCN(c2c(S(=O)(=O)c3ccccc3)cnc3ccc(Cl)cc23)CC1. The number of anilines is 1. The van der Waals surface area contributed by atoms with E-state index in [-0.39, 0.29) is 9.79 Å². The summed E-state index contributed by atoms with van der Waals surface area (Å²) in [5.74, 6) is 0.645. The molecule has 6 heteroatoms. The van der Waals surface area contributed by atoms with Crippen LogP contribution in [0.15, 0.2) is 64.5 Å². The molecule has 0 spiro atoms. The highest BCUT2D eigenvalue weighted by atomic mass is 35.5. The Morgan fingerprint density at radius 3 is 2.48 bits per heavy atom.